The predicted octanol–water partition coefficient (Wildman–Crippen LogP) is 4.22. The molecule has 0 atom stereocenters. The number of halogens is 2. The highest BCUT2D eigenvalue weighted by Crippen LogP contribution is 2.23. The van der Waals surface area contributed by atoms with E-state index in [4.69, 9.17) is 17.3 Å². The van der Waals surface area contributed by atoms with Crippen LogP contribution in [0.15, 0.2) is 46.9 Å². The van der Waals surface area contributed by atoms with Crippen LogP contribution in [0, 0.1) is 0 Å². The van der Waals surface area contributed by atoms with Gasteiger partial charge >= 0.3 is 0 Å². The van der Waals surface area contributed by atoms with Crippen molar-refractivity contribution in [3.63, 3.8) is 0 Å². The number of nitrogens with two attached hydrogens (primary N) is 1. The van der Waals surface area contributed by atoms with Gasteiger partial charge in [0.05, 0.1) is 5.52 Å². The van der Waals surface area contributed by atoms with Gasteiger partial charge in [0.25, 0.3) is 0 Å². The van der Waals surface area contributed by atoms with E-state index in [1.807, 2.05) is 42.5 Å². The van der Waals surface area contributed by atoms with Crippen molar-refractivity contribution in [1.82, 2.24) is 9.97 Å². The van der Waals surface area contributed by atoms with Gasteiger partial charge in [-0.2, -0.15) is 0 Å². The first-order chi connectivity index (χ1) is 9.61. The molecular weight excluding hydrogens is 338 g/mol. The molecule has 2 N–H and O–H groups in total. The molecule has 0 saturated carbocycles. The Morgan fingerprint density at radius 1 is 1.10 bits per heavy atom. The zero-order chi connectivity index (χ0) is 14.1. The van der Waals surface area contributed by atoms with Crippen LogP contribution in [0.5, 0.6) is 0 Å². The molecule has 1 heterocycles. The van der Waals surface area contributed by atoms with E-state index >= 15 is 0 Å². The Morgan fingerprint density at radius 3 is 2.75 bits per heavy atom. The van der Waals surface area contributed by atoms with Gasteiger partial charge in [-0.25, -0.2) is 9.97 Å². The minimum atomic E-state index is 0.494. The van der Waals surface area contributed by atoms with Crippen molar-refractivity contribution in [2.45, 2.75) is 6.42 Å². The minimum absolute atomic E-state index is 0.494. The first-order valence-corrected chi connectivity index (χ1v) is 7.25. The normalized spacial score (nSPS) is 10.9. The molecule has 0 amide bonds. The van der Waals surface area contributed by atoms with Crippen LogP contribution in [-0.4, -0.2) is 9.97 Å². The number of anilines is 1. The molecule has 20 heavy (non-hydrogen) atoms. The molecular formula is C15H11BrClN3. The van der Waals surface area contributed by atoms with E-state index < -0.39 is 0 Å². The number of hydrogen-bond donors (Lipinski definition) is 1. The van der Waals surface area contributed by atoms with Gasteiger partial charge in [0.1, 0.15) is 11.6 Å². The van der Waals surface area contributed by atoms with Crippen molar-refractivity contribution in [2.24, 2.45) is 0 Å². The molecule has 3 nitrogen and oxygen atoms in total. The van der Waals surface area contributed by atoms with E-state index in [1.54, 1.807) is 0 Å². The summed E-state index contributed by atoms with van der Waals surface area (Å²) in [5.74, 6) is 1.19. The first kappa shape index (κ1) is 13.3. The highest BCUT2D eigenvalue weighted by molar-refractivity contribution is 9.10. The van der Waals surface area contributed by atoms with Gasteiger partial charge in [0, 0.05) is 21.3 Å². The zero-order valence-electron chi connectivity index (χ0n) is 10.5. The molecule has 100 valence electrons. The smallest absolute Gasteiger partial charge is 0.135 e. The lowest BCUT2D eigenvalue weighted by molar-refractivity contribution is 0.998. The van der Waals surface area contributed by atoms with E-state index in [-0.39, 0.29) is 0 Å². The largest absolute Gasteiger partial charge is 0.383 e. The van der Waals surface area contributed by atoms with E-state index in [1.165, 1.54) is 0 Å². The van der Waals surface area contributed by atoms with Gasteiger partial charge in [0.15, 0.2) is 0 Å². The monoisotopic (exact) mass is 347 g/mol. The van der Waals surface area contributed by atoms with Crippen LogP contribution in [0.25, 0.3) is 10.9 Å². The van der Waals surface area contributed by atoms with Crippen LogP contribution in [0.4, 0.5) is 5.82 Å². The topological polar surface area (TPSA) is 51.8 Å². The number of rotatable bonds is 2. The van der Waals surface area contributed by atoms with Crippen molar-refractivity contribution >= 4 is 44.3 Å². The molecule has 0 aliphatic carbocycles. The highest BCUT2D eigenvalue weighted by Gasteiger charge is 2.07. The fraction of sp³-hybridized carbons (Fsp3) is 0.0667. The maximum absolute atomic E-state index is 6.01. The van der Waals surface area contributed by atoms with Crippen LogP contribution < -0.4 is 5.73 Å². The lowest BCUT2D eigenvalue weighted by Crippen LogP contribution is -2.02. The quantitative estimate of drug-likeness (QED) is 0.754. The van der Waals surface area contributed by atoms with Crippen molar-refractivity contribution in [1.29, 1.82) is 0 Å². The molecule has 3 rings (SSSR count). The third kappa shape index (κ3) is 2.76. The molecule has 3 aromatic rings. The Balaban J connectivity index is 2.02. The molecule has 2 aromatic carbocycles. The fourth-order valence-corrected chi connectivity index (χ4v) is 2.66. The van der Waals surface area contributed by atoms with E-state index in [2.05, 4.69) is 25.9 Å². The molecule has 0 saturated heterocycles. The van der Waals surface area contributed by atoms with Crippen LogP contribution in [0.2, 0.25) is 5.02 Å². The Morgan fingerprint density at radius 2 is 1.95 bits per heavy atom. The molecule has 0 aliphatic heterocycles. The molecule has 0 unspecified atom stereocenters. The second-order valence-electron chi connectivity index (χ2n) is 4.49. The van der Waals surface area contributed by atoms with E-state index in [9.17, 15) is 0 Å². The summed E-state index contributed by atoms with van der Waals surface area (Å²) in [6, 6.07) is 13.5. The average molecular weight is 349 g/mol. The van der Waals surface area contributed by atoms with Crippen molar-refractivity contribution in [3.05, 3.63) is 63.3 Å². The molecule has 0 aliphatic rings. The first-order valence-electron chi connectivity index (χ1n) is 6.08. The van der Waals surface area contributed by atoms with Gasteiger partial charge in [-0.3, -0.25) is 0 Å². The van der Waals surface area contributed by atoms with Gasteiger partial charge in [0.2, 0.25) is 0 Å². The summed E-state index contributed by atoms with van der Waals surface area (Å²) in [5, 5.41) is 1.56. The van der Waals surface area contributed by atoms with Gasteiger partial charge in [-0.15, -0.1) is 0 Å². The molecule has 5 heteroatoms. The molecule has 0 fully saturated rings. The maximum atomic E-state index is 6.01. The predicted molar refractivity (Wildman–Crippen MR) is 85.9 cm³/mol. The number of hydrogen-bond acceptors (Lipinski definition) is 3. The summed E-state index contributed by atoms with van der Waals surface area (Å²) in [6.07, 6.45) is 0.608. The van der Waals surface area contributed by atoms with Gasteiger partial charge in [-0.1, -0.05) is 39.7 Å². The standard InChI is InChI=1S/C15H11BrClN3/c16-10-4-5-13-12(8-10)15(18)20-14(19-13)7-9-2-1-3-11(17)6-9/h1-6,8H,7H2,(H2,18,19,20). The van der Waals surface area contributed by atoms with Gasteiger partial charge in [-0.05, 0) is 35.9 Å². The summed E-state index contributed by atoms with van der Waals surface area (Å²) in [6.45, 7) is 0. The third-order valence-electron chi connectivity index (χ3n) is 2.98. The number of fused-ring (bicyclic) bond motifs is 1. The third-order valence-corrected chi connectivity index (χ3v) is 3.71. The lowest BCUT2D eigenvalue weighted by atomic mass is 10.1. The summed E-state index contributed by atoms with van der Waals surface area (Å²) in [5.41, 5.74) is 7.92. The van der Waals surface area contributed by atoms with E-state index in [0.717, 1.165) is 20.9 Å². The second kappa shape index (κ2) is 5.38. The molecule has 0 bridgehead atoms. The Hall–Kier alpha value is -1.65. The van der Waals surface area contributed by atoms with Crippen molar-refractivity contribution in [2.75, 3.05) is 5.73 Å². The Labute approximate surface area is 129 Å². The Kier molecular flexibility index (Phi) is 3.59. The summed E-state index contributed by atoms with van der Waals surface area (Å²) in [7, 11) is 0. The second-order valence-corrected chi connectivity index (χ2v) is 5.85. The maximum Gasteiger partial charge on any atom is 0.135 e. The average Bonchev–Trinajstić information content (AvgIpc) is 2.40. The highest BCUT2D eigenvalue weighted by atomic mass is 79.9. The number of nitrogen functional groups attached to an aromatic ring is 1. The number of benzene rings is 2. The summed E-state index contributed by atoms with van der Waals surface area (Å²) >= 11 is 9.41. The zero-order valence-corrected chi connectivity index (χ0v) is 12.8. The molecule has 0 spiro atoms. The molecule has 1 aromatic heterocycles. The van der Waals surface area contributed by atoms with Gasteiger partial charge < -0.3 is 5.73 Å². The van der Waals surface area contributed by atoms with E-state index in [0.29, 0.717) is 23.1 Å². The number of aromatic nitrogens is 2. The molecule has 0 radical (unpaired) electrons. The van der Waals surface area contributed by atoms with Crippen molar-refractivity contribution in [3.8, 4) is 0 Å². The summed E-state index contributed by atoms with van der Waals surface area (Å²) < 4.78 is 0.961. The van der Waals surface area contributed by atoms with Crippen LogP contribution in [-0.2, 0) is 6.42 Å². The van der Waals surface area contributed by atoms with Crippen LogP contribution in [0.3, 0.4) is 0 Å². The fourth-order valence-electron chi connectivity index (χ4n) is 2.08. The van der Waals surface area contributed by atoms with Crippen LogP contribution in [0.1, 0.15) is 11.4 Å². The minimum Gasteiger partial charge on any atom is -0.383 e. The summed E-state index contributed by atoms with van der Waals surface area (Å²) in [4.78, 5) is 8.92. The Bertz CT molecular complexity index is 789. The number of nitrogens with zero attached hydrogens (tertiary/aromatic N) is 2. The lowest BCUT2D eigenvalue weighted by Gasteiger charge is -2.06. The van der Waals surface area contributed by atoms with Crippen LogP contribution >= 0.6 is 27.5 Å². The SMILES string of the molecule is Nc1nc(Cc2cccc(Cl)c2)nc2ccc(Br)cc12. The van der Waals surface area contributed by atoms with Crippen molar-refractivity contribution < 1.29 is 0 Å².